The predicted molar refractivity (Wildman–Crippen MR) is 65.8 cm³/mol. The van der Waals surface area contributed by atoms with Crippen LogP contribution in [0.3, 0.4) is 0 Å². The van der Waals surface area contributed by atoms with Crippen LogP contribution < -0.4 is 11.1 Å². The number of hydrogen-bond acceptors (Lipinski definition) is 2. The highest BCUT2D eigenvalue weighted by Crippen LogP contribution is 2.02. The van der Waals surface area contributed by atoms with E-state index in [0.717, 1.165) is 37.9 Å². The van der Waals surface area contributed by atoms with Gasteiger partial charge in [0.1, 0.15) is 5.82 Å². The summed E-state index contributed by atoms with van der Waals surface area (Å²) in [6.07, 6.45) is 3.35. The maximum absolute atomic E-state index is 12.6. The van der Waals surface area contributed by atoms with Crippen molar-refractivity contribution in [1.29, 1.82) is 0 Å². The van der Waals surface area contributed by atoms with Crippen LogP contribution in [0.4, 0.5) is 4.39 Å². The van der Waals surface area contributed by atoms with Crippen molar-refractivity contribution in [3.63, 3.8) is 0 Å². The van der Waals surface area contributed by atoms with Crippen molar-refractivity contribution in [2.75, 3.05) is 6.54 Å². The van der Waals surface area contributed by atoms with Gasteiger partial charge < -0.3 is 11.1 Å². The van der Waals surface area contributed by atoms with Crippen LogP contribution in [0.2, 0.25) is 0 Å². The normalized spacial score (nSPS) is 10.4. The Morgan fingerprint density at radius 2 is 1.88 bits per heavy atom. The third kappa shape index (κ3) is 6.68. The highest BCUT2D eigenvalue weighted by Gasteiger charge is 1.95. The van der Waals surface area contributed by atoms with Gasteiger partial charge in [0.05, 0.1) is 0 Å². The fourth-order valence-corrected chi connectivity index (χ4v) is 1.56. The van der Waals surface area contributed by atoms with E-state index in [2.05, 4.69) is 5.32 Å². The summed E-state index contributed by atoms with van der Waals surface area (Å²) in [6, 6.07) is 6.47. The van der Waals surface area contributed by atoms with Crippen LogP contribution in [0, 0.1) is 5.82 Å². The number of carbonyl (C=O) groups is 1. The van der Waals surface area contributed by atoms with Gasteiger partial charge in [0, 0.05) is 13.0 Å². The van der Waals surface area contributed by atoms with E-state index >= 15 is 0 Å². The van der Waals surface area contributed by atoms with Gasteiger partial charge in [-0.15, -0.1) is 0 Å². The molecule has 1 aromatic rings. The molecule has 0 bridgehead atoms. The second kappa shape index (κ2) is 7.79. The van der Waals surface area contributed by atoms with Crippen LogP contribution in [0.5, 0.6) is 0 Å². The molecule has 0 saturated carbocycles. The molecule has 3 nitrogen and oxygen atoms in total. The SMILES string of the molecule is NC(=O)CCCCCNCc1ccc(F)cc1. The highest BCUT2D eigenvalue weighted by atomic mass is 19.1. The zero-order chi connectivity index (χ0) is 12.5. The zero-order valence-electron chi connectivity index (χ0n) is 9.92. The first-order chi connectivity index (χ1) is 8.18. The summed E-state index contributed by atoms with van der Waals surface area (Å²) in [7, 11) is 0. The van der Waals surface area contributed by atoms with E-state index in [1.807, 2.05) is 0 Å². The van der Waals surface area contributed by atoms with Gasteiger partial charge in [-0.2, -0.15) is 0 Å². The topological polar surface area (TPSA) is 55.1 Å². The lowest BCUT2D eigenvalue weighted by atomic mass is 10.2. The van der Waals surface area contributed by atoms with Crippen LogP contribution in [-0.4, -0.2) is 12.5 Å². The number of amides is 1. The fraction of sp³-hybridized carbons (Fsp3) is 0.462. The zero-order valence-corrected chi connectivity index (χ0v) is 9.92. The molecule has 17 heavy (non-hydrogen) atoms. The van der Waals surface area contributed by atoms with Crippen LogP contribution >= 0.6 is 0 Å². The molecule has 0 saturated heterocycles. The van der Waals surface area contributed by atoms with Gasteiger partial charge >= 0.3 is 0 Å². The number of unbranched alkanes of at least 4 members (excludes halogenated alkanes) is 2. The molecule has 0 spiro atoms. The molecule has 0 aliphatic carbocycles. The second-order valence-electron chi connectivity index (χ2n) is 4.08. The summed E-state index contributed by atoms with van der Waals surface area (Å²) >= 11 is 0. The Morgan fingerprint density at radius 3 is 2.53 bits per heavy atom. The summed E-state index contributed by atoms with van der Waals surface area (Å²) in [5, 5.41) is 3.27. The summed E-state index contributed by atoms with van der Waals surface area (Å²) < 4.78 is 12.6. The highest BCUT2D eigenvalue weighted by molar-refractivity contribution is 5.73. The van der Waals surface area contributed by atoms with Crippen molar-refractivity contribution in [2.24, 2.45) is 5.73 Å². The minimum absolute atomic E-state index is 0.208. The average Bonchev–Trinajstić information content (AvgIpc) is 2.30. The molecule has 1 aromatic carbocycles. The molecule has 94 valence electrons. The van der Waals surface area contributed by atoms with Gasteiger partial charge in [-0.25, -0.2) is 4.39 Å². The monoisotopic (exact) mass is 238 g/mol. The smallest absolute Gasteiger partial charge is 0.217 e. The van der Waals surface area contributed by atoms with Crippen LogP contribution in [0.25, 0.3) is 0 Å². The third-order valence-corrected chi connectivity index (χ3v) is 2.52. The quantitative estimate of drug-likeness (QED) is 0.680. The van der Waals surface area contributed by atoms with E-state index in [4.69, 9.17) is 5.73 Å². The summed E-state index contributed by atoms with van der Waals surface area (Å²) in [5.41, 5.74) is 6.11. The number of nitrogens with two attached hydrogens (primary N) is 1. The lowest BCUT2D eigenvalue weighted by molar-refractivity contribution is -0.118. The van der Waals surface area contributed by atoms with Gasteiger partial charge in [-0.1, -0.05) is 18.6 Å². The van der Waals surface area contributed by atoms with Crippen molar-refractivity contribution >= 4 is 5.91 Å². The van der Waals surface area contributed by atoms with Crippen LogP contribution in [0.15, 0.2) is 24.3 Å². The minimum Gasteiger partial charge on any atom is -0.370 e. The third-order valence-electron chi connectivity index (χ3n) is 2.52. The first-order valence-corrected chi connectivity index (χ1v) is 5.92. The fourth-order valence-electron chi connectivity index (χ4n) is 1.56. The number of benzene rings is 1. The van der Waals surface area contributed by atoms with Gasteiger partial charge in [0.2, 0.25) is 5.91 Å². The Labute approximate surface area is 101 Å². The van der Waals surface area contributed by atoms with E-state index in [1.165, 1.54) is 12.1 Å². The summed E-state index contributed by atoms with van der Waals surface area (Å²) in [4.78, 5) is 10.5. The lowest BCUT2D eigenvalue weighted by Gasteiger charge is -2.04. The van der Waals surface area contributed by atoms with E-state index in [0.29, 0.717) is 6.42 Å². The van der Waals surface area contributed by atoms with Crippen LogP contribution in [-0.2, 0) is 11.3 Å². The van der Waals surface area contributed by atoms with Gasteiger partial charge in [0.15, 0.2) is 0 Å². The molecule has 0 heterocycles. The largest absolute Gasteiger partial charge is 0.370 e. The average molecular weight is 238 g/mol. The minimum atomic E-state index is -0.232. The van der Waals surface area contributed by atoms with Crippen molar-refractivity contribution in [3.05, 3.63) is 35.6 Å². The molecular weight excluding hydrogens is 219 g/mol. The Morgan fingerprint density at radius 1 is 1.18 bits per heavy atom. The molecule has 1 rings (SSSR count). The number of hydrogen-bond donors (Lipinski definition) is 2. The molecule has 0 atom stereocenters. The Balaban J connectivity index is 2.01. The van der Waals surface area contributed by atoms with Crippen molar-refractivity contribution in [3.8, 4) is 0 Å². The Bertz CT molecular complexity index is 338. The van der Waals surface area contributed by atoms with Crippen LogP contribution in [0.1, 0.15) is 31.2 Å². The van der Waals surface area contributed by atoms with Gasteiger partial charge in [0.25, 0.3) is 0 Å². The maximum Gasteiger partial charge on any atom is 0.217 e. The van der Waals surface area contributed by atoms with E-state index in [-0.39, 0.29) is 11.7 Å². The molecule has 1 amide bonds. The van der Waals surface area contributed by atoms with Gasteiger partial charge in [-0.05, 0) is 37.1 Å². The maximum atomic E-state index is 12.6. The molecule has 3 N–H and O–H groups in total. The summed E-state index contributed by atoms with van der Waals surface area (Å²) in [6.45, 7) is 1.65. The number of primary amides is 1. The van der Waals surface area contributed by atoms with Crippen molar-refractivity contribution in [1.82, 2.24) is 5.32 Å². The van der Waals surface area contributed by atoms with Gasteiger partial charge in [-0.3, -0.25) is 4.79 Å². The molecule has 0 aromatic heterocycles. The molecule has 0 aliphatic heterocycles. The van der Waals surface area contributed by atoms with E-state index < -0.39 is 0 Å². The molecular formula is C13H19FN2O. The number of halogens is 1. The predicted octanol–water partition coefficient (Wildman–Crippen LogP) is 1.96. The number of carbonyl (C=O) groups excluding carboxylic acids is 1. The molecule has 0 fully saturated rings. The van der Waals surface area contributed by atoms with Crippen molar-refractivity contribution < 1.29 is 9.18 Å². The number of rotatable bonds is 8. The molecule has 0 unspecified atom stereocenters. The standard InChI is InChI=1S/C13H19FN2O/c14-12-7-5-11(6-8-12)10-16-9-3-1-2-4-13(15)17/h5-8,16H,1-4,9-10H2,(H2,15,17). The first-order valence-electron chi connectivity index (χ1n) is 5.92. The van der Waals surface area contributed by atoms with E-state index in [9.17, 15) is 9.18 Å². The Kier molecular flexibility index (Phi) is 6.25. The molecule has 0 aliphatic rings. The number of nitrogens with one attached hydrogen (secondary N) is 1. The molecule has 4 heteroatoms. The Hall–Kier alpha value is -1.42. The molecule has 0 radical (unpaired) electrons. The van der Waals surface area contributed by atoms with Crippen molar-refractivity contribution in [2.45, 2.75) is 32.2 Å². The first kappa shape index (κ1) is 13.6. The summed E-state index contributed by atoms with van der Waals surface area (Å²) in [5.74, 6) is -0.440. The van der Waals surface area contributed by atoms with E-state index in [1.54, 1.807) is 12.1 Å². The lowest BCUT2D eigenvalue weighted by Crippen LogP contribution is -2.15. The second-order valence-corrected chi connectivity index (χ2v) is 4.08.